The molecule has 11 nitrogen and oxygen atoms in total. The number of pyridine rings is 2. The number of hydrogen-bond acceptors (Lipinski definition) is 8. The quantitative estimate of drug-likeness (QED) is 0.249. The van der Waals surface area contributed by atoms with E-state index in [9.17, 15) is 14.7 Å². The molecule has 7 rings (SSSR count). The Morgan fingerprint density at radius 2 is 1.95 bits per heavy atom. The number of benzene rings is 2. The van der Waals surface area contributed by atoms with Crippen molar-refractivity contribution in [3.8, 4) is 28.6 Å². The molecule has 2 aromatic carbocycles. The van der Waals surface area contributed by atoms with Crippen LogP contribution in [0, 0.1) is 5.92 Å². The number of amides is 1. The third-order valence-electron chi connectivity index (χ3n) is 7.84. The first kappa shape index (κ1) is 26.1. The molecule has 11 heteroatoms. The molecule has 2 atom stereocenters. The van der Waals surface area contributed by atoms with Crippen molar-refractivity contribution in [2.45, 2.75) is 19.4 Å². The second kappa shape index (κ2) is 10.2. The summed E-state index contributed by atoms with van der Waals surface area (Å²) >= 11 is 0. The van der Waals surface area contributed by atoms with Gasteiger partial charge in [-0.2, -0.15) is 5.10 Å². The zero-order chi connectivity index (χ0) is 29.7. The molecular formula is C32H26N8O3. The van der Waals surface area contributed by atoms with E-state index in [0.29, 0.717) is 46.0 Å². The second-order valence-electron chi connectivity index (χ2n) is 10.6. The van der Waals surface area contributed by atoms with Gasteiger partial charge in [-0.3, -0.25) is 14.2 Å². The second-order valence-corrected chi connectivity index (χ2v) is 10.6. The number of carbonyl (C=O) groups is 2. The lowest BCUT2D eigenvalue weighted by atomic mass is 10.0. The largest absolute Gasteiger partial charge is 0.507 e. The highest BCUT2D eigenvalue weighted by atomic mass is 16.3. The lowest BCUT2D eigenvalue weighted by molar-refractivity contribution is 0.0927. The molecule has 0 aliphatic heterocycles. The van der Waals surface area contributed by atoms with E-state index < -0.39 is 0 Å². The third kappa shape index (κ3) is 4.47. The van der Waals surface area contributed by atoms with Crippen LogP contribution in [0.3, 0.4) is 0 Å². The van der Waals surface area contributed by atoms with E-state index in [1.54, 1.807) is 17.1 Å². The maximum Gasteiger partial charge on any atom is 0.251 e. The van der Waals surface area contributed by atoms with Crippen LogP contribution in [0.5, 0.6) is 5.75 Å². The summed E-state index contributed by atoms with van der Waals surface area (Å²) < 4.78 is 3.67. The number of phenols is 1. The van der Waals surface area contributed by atoms with Crippen molar-refractivity contribution < 1.29 is 14.7 Å². The number of nitrogens with one attached hydrogen (secondary N) is 1. The highest BCUT2D eigenvalue weighted by Gasteiger charge is 2.32. The van der Waals surface area contributed by atoms with E-state index in [1.807, 2.05) is 53.2 Å². The molecule has 0 saturated heterocycles. The van der Waals surface area contributed by atoms with Gasteiger partial charge in [0, 0.05) is 29.8 Å². The number of aromatic hydroxyl groups is 1. The Hall–Kier alpha value is -5.84. The monoisotopic (exact) mass is 570 g/mol. The Bertz CT molecular complexity index is 2030. The topological polar surface area (TPSA) is 154 Å². The van der Waals surface area contributed by atoms with Gasteiger partial charge in [-0.1, -0.05) is 13.0 Å². The maximum atomic E-state index is 13.1. The molecule has 2 unspecified atom stereocenters. The van der Waals surface area contributed by atoms with Crippen LogP contribution < -0.4 is 11.1 Å². The van der Waals surface area contributed by atoms with Crippen molar-refractivity contribution in [1.29, 1.82) is 0 Å². The molecule has 1 aliphatic carbocycles. The van der Waals surface area contributed by atoms with Crippen LogP contribution in [0.2, 0.25) is 0 Å². The van der Waals surface area contributed by atoms with Gasteiger partial charge in [0.1, 0.15) is 17.1 Å². The van der Waals surface area contributed by atoms with E-state index in [1.165, 1.54) is 18.2 Å². The molecule has 0 spiro atoms. The summed E-state index contributed by atoms with van der Waals surface area (Å²) in [7, 11) is 0. The van der Waals surface area contributed by atoms with E-state index in [2.05, 4.69) is 28.4 Å². The molecule has 6 aromatic rings. The van der Waals surface area contributed by atoms with Crippen molar-refractivity contribution in [2.75, 3.05) is 5.73 Å². The lowest BCUT2D eigenvalue weighted by Gasteiger charge is -2.19. The summed E-state index contributed by atoms with van der Waals surface area (Å²) in [5.74, 6) is 1.26. The van der Waals surface area contributed by atoms with Crippen LogP contribution >= 0.6 is 0 Å². The number of hydrogen-bond donors (Lipinski definition) is 3. The first-order chi connectivity index (χ1) is 20.9. The number of imidazole rings is 1. The smallest absolute Gasteiger partial charge is 0.251 e. The fraction of sp³-hybridized carbons (Fsp3) is 0.125. The summed E-state index contributed by atoms with van der Waals surface area (Å²) in [6.07, 6.45) is 6.44. The number of phenolic OH excluding ortho intramolecular Hbond substituents is 1. The van der Waals surface area contributed by atoms with E-state index >= 15 is 0 Å². The standard InChI is InChI=1S/C32H26N8O3/c1-18-14-20-16-22(6-7-23(20)28(18)38-32(43)19-5-9-26(42)21(15-19)17-41)40-30(24-4-2-11-34-29(24)33)36-25-8-10-27(37-31(25)40)39-13-3-12-35-39/h2-13,15-18,28,42H,14H2,1H3,(H2,33,34)(H,38,43). The van der Waals surface area contributed by atoms with Crippen molar-refractivity contribution in [3.05, 3.63) is 108 Å². The van der Waals surface area contributed by atoms with Gasteiger partial charge < -0.3 is 16.2 Å². The Morgan fingerprint density at radius 3 is 2.74 bits per heavy atom. The van der Waals surface area contributed by atoms with Gasteiger partial charge in [0.25, 0.3) is 5.91 Å². The number of anilines is 1. The van der Waals surface area contributed by atoms with Crippen molar-refractivity contribution in [2.24, 2.45) is 5.92 Å². The molecule has 0 saturated carbocycles. The van der Waals surface area contributed by atoms with Crippen molar-refractivity contribution in [1.82, 2.24) is 34.6 Å². The van der Waals surface area contributed by atoms with Crippen LogP contribution in [0.4, 0.5) is 5.82 Å². The van der Waals surface area contributed by atoms with Gasteiger partial charge in [-0.15, -0.1) is 0 Å². The molecule has 212 valence electrons. The molecule has 4 heterocycles. The molecule has 0 fully saturated rings. The fourth-order valence-corrected chi connectivity index (χ4v) is 5.73. The molecule has 1 aliphatic rings. The number of nitrogens with two attached hydrogens (primary N) is 1. The summed E-state index contributed by atoms with van der Waals surface area (Å²) in [5, 5.41) is 17.3. The number of carbonyl (C=O) groups excluding carboxylic acids is 2. The summed E-state index contributed by atoms with van der Waals surface area (Å²) in [4.78, 5) is 38.5. The van der Waals surface area contributed by atoms with E-state index in [-0.39, 0.29) is 29.2 Å². The zero-order valence-corrected chi connectivity index (χ0v) is 23.0. The van der Waals surface area contributed by atoms with E-state index in [4.69, 9.17) is 15.7 Å². The Kier molecular flexibility index (Phi) is 6.19. The maximum absolute atomic E-state index is 13.1. The molecule has 0 radical (unpaired) electrons. The first-order valence-electron chi connectivity index (χ1n) is 13.7. The summed E-state index contributed by atoms with van der Waals surface area (Å²) in [6, 6.07) is 19.4. The predicted octanol–water partition coefficient (Wildman–Crippen LogP) is 4.43. The minimum atomic E-state index is -0.317. The fourth-order valence-electron chi connectivity index (χ4n) is 5.73. The van der Waals surface area contributed by atoms with Crippen LogP contribution in [0.25, 0.3) is 34.1 Å². The molecule has 0 bridgehead atoms. The Labute approximate surface area is 245 Å². The van der Waals surface area contributed by atoms with Gasteiger partial charge in [0.2, 0.25) is 0 Å². The van der Waals surface area contributed by atoms with Crippen LogP contribution in [0.1, 0.15) is 44.8 Å². The van der Waals surface area contributed by atoms with Crippen LogP contribution in [-0.4, -0.2) is 46.6 Å². The normalized spacial score (nSPS) is 15.8. The molecule has 43 heavy (non-hydrogen) atoms. The minimum absolute atomic E-state index is 0.0686. The van der Waals surface area contributed by atoms with Crippen molar-refractivity contribution >= 4 is 29.2 Å². The van der Waals surface area contributed by atoms with Gasteiger partial charge in [-0.25, -0.2) is 19.6 Å². The number of aldehydes is 1. The Morgan fingerprint density at radius 1 is 1.07 bits per heavy atom. The number of nitrogens with zero attached hydrogens (tertiary/aromatic N) is 6. The first-order valence-corrected chi connectivity index (χ1v) is 13.7. The Balaban J connectivity index is 1.31. The van der Waals surface area contributed by atoms with Gasteiger partial charge in [0.05, 0.1) is 17.2 Å². The average molecular weight is 571 g/mol. The number of rotatable bonds is 6. The van der Waals surface area contributed by atoms with Crippen LogP contribution in [-0.2, 0) is 6.42 Å². The van der Waals surface area contributed by atoms with Gasteiger partial charge >= 0.3 is 0 Å². The number of fused-ring (bicyclic) bond motifs is 2. The van der Waals surface area contributed by atoms with E-state index in [0.717, 1.165) is 23.2 Å². The third-order valence-corrected chi connectivity index (χ3v) is 7.84. The molecule has 1 amide bonds. The average Bonchev–Trinajstić information content (AvgIpc) is 3.75. The zero-order valence-electron chi connectivity index (χ0n) is 23.0. The van der Waals surface area contributed by atoms with Gasteiger partial charge in [-0.05, 0) is 84.1 Å². The predicted molar refractivity (Wildman–Crippen MR) is 160 cm³/mol. The minimum Gasteiger partial charge on any atom is -0.507 e. The number of nitrogen functional groups attached to an aromatic ring is 1. The SMILES string of the molecule is CC1Cc2cc(-n3c(-c4cccnc4N)nc4ccc(-n5cccn5)nc43)ccc2C1NC(=O)c1ccc(O)c(C=O)c1. The van der Waals surface area contributed by atoms with Crippen molar-refractivity contribution in [3.63, 3.8) is 0 Å². The highest BCUT2D eigenvalue weighted by molar-refractivity contribution is 5.97. The lowest BCUT2D eigenvalue weighted by Crippen LogP contribution is -2.30. The van der Waals surface area contributed by atoms with Crippen LogP contribution in [0.15, 0.2) is 85.3 Å². The molecule has 4 aromatic heterocycles. The summed E-state index contributed by atoms with van der Waals surface area (Å²) in [5.41, 5.74) is 11.6. The molecule has 4 N–H and O–H groups in total. The highest BCUT2D eigenvalue weighted by Crippen LogP contribution is 2.39. The summed E-state index contributed by atoms with van der Waals surface area (Å²) in [6.45, 7) is 2.09. The number of aromatic nitrogens is 6. The van der Waals surface area contributed by atoms with Gasteiger partial charge in [0.15, 0.2) is 23.6 Å². The molecular weight excluding hydrogens is 544 g/mol.